The number of hydrogen-bond donors (Lipinski definition) is 0. The van der Waals surface area contributed by atoms with E-state index in [2.05, 4.69) is 208 Å². The van der Waals surface area contributed by atoms with Crippen LogP contribution >= 0.6 is 0 Å². The SMILES string of the molecule is C=C=C=C=C=C=C=C=C=C=C=C=C=C=C=C=C=C=C=C=C=C=C=C=C=C=C=C=C=C=C=C=C=C=C=C. The fourth-order valence-electron chi connectivity index (χ4n) is 1.03. The Balaban J connectivity index is 6.00. The monoisotopic (exact) mass is 436 g/mol. The van der Waals surface area contributed by atoms with Crippen LogP contribution in [0.1, 0.15) is 0 Å². The van der Waals surface area contributed by atoms with E-state index in [1.165, 1.54) is 0 Å². The molecule has 0 atom stereocenters. The molecule has 0 spiro atoms. The second-order valence-corrected chi connectivity index (χ2v) is 4.35. The van der Waals surface area contributed by atoms with Gasteiger partial charge in [0.2, 0.25) is 0 Å². The minimum absolute atomic E-state index is 2.37. The van der Waals surface area contributed by atoms with Crippen molar-refractivity contribution in [3.63, 3.8) is 0 Å². The quantitative estimate of drug-likeness (QED) is 0.404. The van der Waals surface area contributed by atoms with Crippen molar-refractivity contribution in [1.29, 1.82) is 0 Å². The van der Waals surface area contributed by atoms with E-state index >= 15 is 0 Å². The minimum atomic E-state index is 2.37. The van der Waals surface area contributed by atoms with Crippen molar-refractivity contribution in [3.8, 4) is 0 Å². The zero-order valence-corrected chi connectivity index (χ0v) is 18.4. The van der Waals surface area contributed by atoms with Gasteiger partial charge in [-0.1, -0.05) is 11.5 Å². The van der Waals surface area contributed by atoms with Crippen LogP contribution < -0.4 is 0 Å². The normalized spacial score (nSPS) is 3.89. The summed E-state index contributed by atoms with van der Waals surface area (Å²) in [4.78, 5) is 0. The Bertz CT molecular complexity index is 2090. The van der Waals surface area contributed by atoms with Crippen LogP contribution in [0.5, 0.6) is 0 Å². The molecule has 0 nitrogen and oxygen atoms in total. The molecule has 148 valence electrons. The fraction of sp³-hybridized carbons (Fsp3) is 0. The van der Waals surface area contributed by atoms with Gasteiger partial charge in [-0.2, -0.15) is 0 Å². The van der Waals surface area contributed by atoms with Crippen molar-refractivity contribution >= 4 is 0 Å². The Morgan fingerprint density at radius 3 is 0.306 bits per heavy atom. The molecule has 36 heavy (non-hydrogen) atoms. The molecule has 0 aliphatic rings. The molecule has 0 amide bonds. The molecule has 0 saturated carbocycles. The van der Waals surface area contributed by atoms with E-state index in [1.54, 1.807) is 0 Å². The first kappa shape index (κ1) is 28.3. The summed E-state index contributed by atoms with van der Waals surface area (Å²) in [5.74, 6) is 0. The van der Waals surface area contributed by atoms with Crippen LogP contribution in [-0.4, -0.2) is 0 Å². The van der Waals surface area contributed by atoms with Crippen LogP contribution in [-0.2, 0) is 0 Å². The van der Waals surface area contributed by atoms with Crippen LogP contribution in [0.4, 0.5) is 0 Å². The maximum Gasteiger partial charge on any atom is 0 e. The topological polar surface area (TPSA) is 0 Å². The number of hydrogen-bond acceptors (Lipinski definition) is 0. The van der Waals surface area contributed by atoms with Gasteiger partial charge in [-0.05, 0) is 105 Å². The van der Waals surface area contributed by atoms with E-state index in [0.717, 1.165) is 0 Å². The van der Waals surface area contributed by atoms with Gasteiger partial charge < -0.3 is 0 Å². The minimum Gasteiger partial charge on any atom is -0.0687 e. The summed E-state index contributed by atoms with van der Waals surface area (Å²) in [6, 6.07) is 0. The molecule has 0 bridgehead atoms. The Morgan fingerprint density at radius 2 is 0.222 bits per heavy atom. The smallest absolute Gasteiger partial charge is 0 e. The van der Waals surface area contributed by atoms with Gasteiger partial charge in [0.1, 0.15) is 0 Å². The highest BCUT2D eigenvalue weighted by atomic mass is 13.4. The molecular weight excluding hydrogens is 432 g/mol. The Labute approximate surface area is 207 Å². The van der Waals surface area contributed by atoms with Crippen LogP contribution in [0.25, 0.3) is 0 Å². The van der Waals surface area contributed by atoms with Crippen molar-refractivity contribution in [2.45, 2.75) is 0 Å². The van der Waals surface area contributed by atoms with Gasteiger partial charge in [-0.3, -0.25) is 0 Å². The van der Waals surface area contributed by atoms with E-state index in [9.17, 15) is 0 Å². The molecule has 0 aliphatic heterocycles. The molecule has 0 radical (unpaired) electrons. The lowest BCUT2D eigenvalue weighted by molar-refractivity contribution is 2.10. The predicted octanol–water partition coefficient (Wildman–Crippen LogP) is 6.08. The van der Waals surface area contributed by atoms with Crippen molar-refractivity contribution < 1.29 is 0 Å². The van der Waals surface area contributed by atoms with Gasteiger partial charge in [0.15, 0.2) is 0 Å². The third-order valence-corrected chi connectivity index (χ3v) is 2.11. The summed E-state index contributed by atoms with van der Waals surface area (Å²) in [5.41, 5.74) is 84.4. The van der Waals surface area contributed by atoms with E-state index in [0.29, 0.717) is 0 Å². The third kappa shape index (κ3) is 26.3. The van der Waals surface area contributed by atoms with E-state index in [4.69, 9.17) is 0 Å². The number of rotatable bonds is 0. The molecule has 0 heterocycles. The fourth-order valence-corrected chi connectivity index (χ4v) is 1.03. The van der Waals surface area contributed by atoms with E-state index in [-0.39, 0.29) is 0 Å². The van der Waals surface area contributed by atoms with Gasteiger partial charge in [-0.25, -0.2) is 0 Å². The highest BCUT2D eigenvalue weighted by molar-refractivity contribution is 4.95. The van der Waals surface area contributed by atoms with Crippen molar-refractivity contribution in [1.82, 2.24) is 0 Å². The van der Waals surface area contributed by atoms with Gasteiger partial charge >= 0.3 is 0 Å². The predicted molar refractivity (Wildman–Crippen MR) is 131 cm³/mol. The first-order valence-corrected chi connectivity index (χ1v) is 8.96. The van der Waals surface area contributed by atoms with Gasteiger partial charge in [0.25, 0.3) is 0 Å². The maximum absolute atomic E-state index is 3.31. The second kappa shape index (κ2) is 27.3. The average molecular weight is 436 g/mol. The van der Waals surface area contributed by atoms with Crippen LogP contribution in [0.3, 0.4) is 0 Å². The highest BCUT2D eigenvalue weighted by Gasteiger charge is 1.44. The van der Waals surface area contributed by atoms with Crippen LogP contribution in [0, 0.1) is 0 Å². The Kier molecular flexibility index (Phi) is 21.4. The largest absolute Gasteiger partial charge is 0.0687 e. The standard InChI is InChI=1S/C36H4/c1-3-5-7-9-11-13-15-17-19-21-23-25-27-29-31-33-35-36-34-32-30-28-26-24-22-20-18-16-14-12-10-8-6-4-2/h1-2H2. The molecule has 0 rings (SSSR count). The summed E-state index contributed by atoms with van der Waals surface area (Å²) < 4.78 is 0. The van der Waals surface area contributed by atoms with Crippen molar-refractivity contribution in [2.75, 3.05) is 0 Å². The lowest BCUT2D eigenvalue weighted by Gasteiger charge is -1.41. The summed E-state index contributed by atoms with van der Waals surface area (Å²) >= 11 is 0. The van der Waals surface area contributed by atoms with Crippen LogP contribution in [0.2, 0.25) is 0 Å². The molecule has 0 heteroatoms. The molecule has 0 saturated heterocycles. The summed E-state index contributed by atoms with van der Waals surface area (Å²) in [7, 11) is 0. The summed E-state index contributed by atoms with van der Waals surface area (Å²) in [5, 5.41) is 0. The first-order valence-electron chi connectivity index (χ1n) is 8.96. The first-order chi connectivity index (χ1) is 17.9. The molecular formula is C36H4. The molecule has 0 N–H and O–H groups in total. The molecule has 0 aromatic rings. The van der Waals surface area contributed by atoms with E-state index in [1.807, 2.05) is 0 Å². The lowest BCUT2D eigenvalue weighted by atomic mass is 10.6. The second-order valence-electron chi connectivity index (χ2n) is 4.35. The molecule has 0 aromatic heterocycles. The summed E-state index contributed by atoms with van der Waals surface area (Å²) in [6.07, 6.45) is 0. The lowest BCUT2D eigenvalue weighted by Crippen LogP contribution is -1.25. The van der Waals surface area contributed by atoms with Crippen LogP contribution in [0.15, 0.2) is 208 Å². The third-order valence-electron chi connectivity index (χ3n) is 2.11. The Hall–Kier alpha value is -7.74. The average Bonchev–Trinajstić information content (AvgIpc) is 2.89. The van der Waals surface area contributed by atoms with Gasteiger partial charge in [0, 0.05) is 91.7 Å². The highest BCUT2D eigenvalue weighted by Crippen LogP contribution is 1.59. The molecule has 0 aromatic carbocycles. The Morgan fingerprint density at radius 1 is 0.139 bits per heavy atom. The molecule has 0 aliphatic carbocycles. The van der Waals surface area contributed by atoms with E-state index < -0.39 is 0 Å². The zero-order valence-electron chi connectivity index (χ0n) is 18.4. The molecule has 0 fully saturated rings. The maximum atomic E-state index is 3.31. The van der Waals surface area contributed by atoms with Gasteiger partial charge in [-0.15, -0.1) is 0 Å². The van der Waals surface area contributed by atoms with Crippen molar-refractivity contribution in [3.05, 3.63) is 208 Å². The van der Waals surface area contributed by atoms with Crippen molar-refractivity contribution in [2.24, 2.45) is 0 Å². The summed E-state index contributed by atoms with van der Waals surface area (Å²) in [6.45, 7) is 6.62. The molecule has 0 unspecified atom stereocenters. The zero-order chi connectivity index (χ0) is 26.0. The van der Waals surface area contributed by atoms with Gasteiger partial charge in [0.05, 0.1) is 0 Å².